The summed E-state index contributed by atoms with van der Waals surface area (Å²) in [4.78, 5) is 33.3. The summed E-state index contributed by atoms with van der Waals surface area (Å²) in [5, 5.41) is 9.38. The maximum absolute atomic E-state index is 13.6. The molecule has 162 valence electrons. The van der Waals surface area contributed by atoms with Gasteiger partial charge in [-0.1, -0.05) is 0 Å². The Morgan fingerprint density at radius 1 is 1.19 bits per heavy atom. The molecule has 1 aromatic carbocycles. The number of anilines is 1. The SMILES string of the molecule is Cc1nc(C(=O)c2cc(C#N)ccc2-c2ncc(CCN)cn2)cc(N2CCOCC2)n1. The van der Waals surface area contributed by atoms with E-state index < -0.39 is 0 Å². The minimum Gasteiger partial charge on any atom is -0.378 e. The van der Waals surface area contributed by atoms with Crippen LogP contribution in [0.5, 0.6) is 0 Å². The van der Waals surface area contributed by atoms with Crippen molar-refractivity contribution in [2.75, 3.05) is 37.7 Å². The zero-order chi connectivity index (χ0) is 22.5. The smallest absolute Gasteiger partial charge is 0.212 e. The summed E-state index contributed by atoms with van der Waals surface area (Å²) in [6, 6.07) is 8.68. The number of carbonyl (C=O) groups is 1. The molecule has 0 aliphatic carbocycles. The Bertz CT molecular complexity index is 1170. The molecule has 2 N–H and O–H groups in total. The van der Waals surface area contributed by atoms with Crippen molar-refractivity contribution in [2.24, 2.45) is 5.73 Å². The Morgan fingerprint density at radius 3 is 2.62 bits per heavy atom. The van der Waals surface area contributed by atoms with Crippen LogP contribution in [0, 0.1) is 18.3 Å². The largest absolute Gasteiger partial charge is 0.378 e. The maximum Gasteiger partial charge on any atom is 0.212 e. The van der Waals surface area contributed by atoms with Crippen LogP contribution < -0.4 is 10.6 Å². The summed E-state index contributed by atoms with van der Waals surface area (Å²) in [5.41, 5.74) is 8.00. The van der Waals surface area contributed by atoms with Gasteiger partial charge in [0.2, 0.25) is 5.78 Å². The number of morpholine rings is 1. The molecule has 4 rings (SSSR count). The Balaban J connectivity index is 1.75. The minimum absolute atomic E-state index is 0.259. The van der Waals surface area contributed by atoms with Crippen molar-refractivity contribution >= 4 is 11.6 Å². The van der Waals surface area contributed by atoms with E-state index in [0.29, 0.717) is 73.4 Å². The molecule has 0 amide bonds. The van der Waals surface area contributed by atoms with Gasteiger partial charge >= 0.3 is 0 Å². The van der Waals surface area contributed by atoms with Crippen LogP contribution in [0.2, 0.25) is 0 Å². The predicted octanol–water partition coefficient (Wildman–Crippen LogP) is 1.68. The summed E-state index contributed by atoms with van der Waals surface area (Å²) < 4.78 is 5.41. The highest BCUT2D eigenvalue weighted by molar-refractivity contribution is 6.12. The van der Waals surface area contributed by atoms with Crippen LogP contribution in [-0.4, -0.2) is 58.6 Å². The molecular formula is C23H23N7O2. The third-order valence-electron chi connectivity index (χ3n) is 5.16. The van der Waals surface area contributed by atoms with E-state index in [1.54, 1.807) is 43.6 Å². The van der Waals surface area contributed by atoms with Gasteiger partial charge in [0.1, 0.15) is 17.3 Å². The molecule has 3 aromatic rings. The highest BCUT2D eigenvalue weighted by Gasteiger charge is 2.22. The minimum atomic E-state index is -0.313. The summed E-state index contributed by atoms with van der Waals surface area (Å²) in [6.45, 7) is 4.87. The van der Waals surface area contributed by atoms with Crippen LogP contribution in [0.3, 0.4) is 0 Å². The van der Waals surface area contributed by atoms with Crippen LogP contribution in [0.4, 0.5) is 5.82 Å². The Kier molecular flexibility index (Phi) is 6.44. The standard InChI is InChI=1S/C23H23N7O2/c1-15-28-20(11-21(29-15)30-6-8-32-9-7-30)22(31)19-10-16(12-25)2-3-18(19)23-26-13-17(4-5-24)14-27-23/h2-3,10-11,13-14H,4-9,24H2,1H3. The first-order valence-corrected chi connectivity index (χ1v) is 10.4. The molecule has 32 heavy (non-hydrogen) atoms. The summed E-state index contributed by atoms with van der Waals surface area (Å²) in [5.74, 6) is 1.27. The first-order valence-electron chi connectivity index (χ1n) is 10.4. The molecule has 3 heterocycles. The lowest BCUT2D eigenvalue weighted by atomic mass is 9.98. The lowest BCUT2D eigenvalue weighted by molar-refractivity contribution is 0.103. The fourth-order valence-corrected chi connectivity index (χ4v) is 3.55. The lowest BCUT2D eigenvalue weighted by Crippen LogP contribution is -2.37. The summed E-state index contributed by atoms with van der Waals surface area (Å²) in [6.07, 6.45) is 4.07. The number of nitriles is 1. The van der Waals surface area contributed by atoms with Crippen molar-refractivity contribution in [3.05, 3.63) is 64.9 Å². The number of ether oxygens (including phenoxy) is 1. The molecule has 0 unspecified atom stereocenters. The zero-order valence-corrected chi connectivity index (χ0v) is 17.8. The van der Waals surface area contributed by atoms with Crippen LogP contribution in [0.25, 0.3) is 11.4 Å². The molecule has 0 radical (unpaired) electrons. The number of hydrogen-bond donors (Lipinski definition) is 1. The van der Waals surface area contributed by atoms with Gasteiger partial charge in [-0.3, -0.25) is 4.79 Å². The van der Waals surface area contributed by atoms with Gasteiger partial charge in [-0.25, -0.2) is 19.9 Å². The van der Waals surface area contributed by atoms with Gasteiger partial charge in [-0.05, 0) is 43.7 Å². The molecule has 1 aliphatic heterocycles. The molecule has 0 atom stereocenters. The third kappa shape index (κ3) is 4.61. The Hall–Kier alpha value is -3.74. The van der Waals surface area contributed by atoms with E-state index in [-0.39, 0.29) is 11.5 Å². The van der Waals surface area contributed by atoms with E-state index in [1.165, 1.54) is 0 Å². The number of nitrogens with two attached hydrogens (primary N) is 1. The Labute approximate surface area is 185 Å². The topological polar surface area (TPSA) is 131 Å². The van der Waals surface area contributed by atoms with Crippen LogP contribution in [0.1, 0.15) is 33.0 Å². The van der Waals surface area contributed by atoms with Gasteiger partial charge in [0.25, 0.3) is 0 Å². The van der Waals surface area contributed by atoms with E-state index in [9.17, 15) is 10.1 Å². The predicted molar refractivity (Wildman–Crippen MR) is 118 cm³/mol. The van der Waals surface area contributed by atoms with Gasteiger partial charge in [0.15, 0.2) is 5.82 Å². The maximum atomic E-state index is 13.6. The molecule has 1 fully saturated rings. The molecule has 0 spiro atoms. The van der Waals surface area contributed by atoms with Crippen molar-refractivity contribution in [1.82, 2.24) is 19.9 Å². The number of hydrogen-bond acceptors (Lipinski definition) is 9. The first-order chi connectivity index (χ1) is 15.6. The number of carbonyl (C=O) groups excluding carboxylic acids is 1. The lowest BCUT2D eigenvalue weighted by Gasteiger charge is -2.28. The number of nitrogens with zero attached hydrogens (tertiary/aromatic N) is 6. The average Bonchev–Trinajstić information content (AvgIpc) is 2.84. The van der Waals surface area contributed by atoms with E-state index in [1.807, 2.05) is 0 Å². The second kappa shape index (κ2) is 9.60. The molecular weight excluding hydrogens is 406 g/mol. The quantitative estimate of drug-likeness (QED) is 0.581. The third-order valence-corrected chi connectivity index (χ3v) is 5.16. The highest BCUT2D eigenvalue weighted by atomic mass is 16.5. The van der Waals surface area contributed by atoms with Crippen molar-refractivity contribution in [3.8, 4) is 17.5 Å². The summed E-state index contributed by atoms with van der Waals surface area (Å²) >= 11 is 0. The van der Waals surface area contributed by atoms with Crippen molar-refractivity contribution < 1.29 is 9.53 Å². The van der Waals surface area contributed by atoms with E-state index in [2.05, 4.69) is 30.9 Å². The number of rotatable bonds is 6. The number of ketones is 1. The van der Waals surface area contributed by atoms with Gasteiger partial charge < -0.3 is 15.4 Å². The van der Waals surface area contributed by atoms with Gasteiger partial charge in [0, 0.05) is 42.7 Å². The van der Waals surface area contributed by atoms with Crippen molar-refractivity contribution in [3.63, 3.8) is 0 Å². The highest BCUT2D eigenvalue weighted by Crippen LogP contribution is 2.25. The zero-order valence-electron chi connectivity index (χ0n) is 17.8. The number of benzene rings is 1. The molecule has 0 bridgehead atoms. The second-order valence-corrected chi connectivity index (χ2v) is 7.41. The van der Waals surface area contributed by atoms with Crippen LogP contribution in [-0.2, 0) is 11.2 Å². The number of aromatic nitrogens is 4. The van der Waals surface area contributed by atoms with Gasteiger partial charge in [0.05, 0.1) is 24.8 Å². The fourth-order valence-electron chi connectivity index (χ4n) is 3.55. The Morgan fingerprint density at radius 2 is 1.94 bits per heavy atom. The van der Waals surface area contributed by atoms with Crippen LogP contribution >= 0.6 is 0 Å². The molecule has 0 saturated carbocycles. The van der Waals surface area contributed by atoms with E-state index >= 15 is 0 Å². The van der Waals surface area contributed by atoms with Crippen LogP contribution in [0.15, 0.2) is 36.7 Å². The molecule has 9 nitrogen and oxygen atoms in total. The average molecular weight is 429 g/mol. The van der Waals surface area contributed by atoms with E-state index in [4.69, 9.17) is 10.5 Å². The number of aryl methyl sites for hydroxylation is 1. The van der Waals surface area contributed by atoms with E-state index in [0.717, 1.165) is 5.56 Å². The second-order valence-electron chi connectivity index (χ2n) is 7.41. The molecule has 9 heteroatoms. The molecule has 1 aliphatic rings. The fraction of sp³-hybridized carbons (Fsp3) is 0.304. The normalized spacial score (nSPS) is 13.6. The first kappa shape index (κ1) is 21.5. The molecule has 2 aromatic heterocycles. The van der Waals surface area contributed by atoms with Crippen molar-refractivity contribution in [1.29, 1.82) is 5.26 Å². The van der Waals surface area contributed by atoms with Gasteiger partial charge in [-0.15, -0.1) is 0 Å². The van der Waals surface area contributed by atoms with Crippen molar-refractivity contribution in [2.45, 2.75) is 13.3 Å². The summed E-state index contributed by atoms with van der Waals surface area (Å²) in [7, 11) is 0. The van der Waals surface area contributed by atoms with Gasteiger partial charge in [-0.2, -0.15) is 5.26 Å². The monoisotopic (exact) mass is 429 g/mol. The molecule has 1 saturated heterocycles.